The summed E-state index contributed by atoms with van der Waals surface area (Å²) in [6.45, 7) is 16.1. The molecule has 5 aliphatic rings. The minimum Gasteiger partial charge on any atom is -0.463 e. The van der Waals surface area contributed by atoms with E-state index in [-0.39, 0.29) is 74.7 Å². The van der Waals surface area contributed by atoms with E-state index < -0.39 is 10.8 Å². The monoisotopic (exact) mass is 694 g/mol. The van der Waals surface area contributed by atoms with Crippen LogP contribution in [0.1, 0.15) is 139 Å². The van der Waals surface area contributed by atoms with Gasteiger partial charge in [-0.15, -0.1) is 0 Å². The van der Waals surface area contributed by atoms with E-state index in [1.165, 1.54) is 38.5 Å². The van der Waals surface area contributed by atoms with E-state index in [0.717, 1.165) is 56.8 Å². The van der Waals surface area contributed by atoms with Gasteiger partial charge in [0.05, 0.1) is 24.0 Å². The first-order valence-electron chi connectivity index (χ1n) is 19.0. The van der Waals surface area contributed by atoms with E-state index in [9.17, 15) is 19.2 Å². The van der Waals surface area contributed by atoms with E-state index >= 15 is 0 Å². The van der Waals surface area contributed by atoms with Crippen molar-refractivity contribution in [3.8, 4) is 0 Å². The van der Waals surface area contributed by atoms with Gasteiger partial charge in [-0.05, 0) is 135 Å². The van der Waals surface area contributed by atoms with Crippen LogP contribution < -0.4 is 0 Å². The van der Waals surface area contributed by atoms with Gasteiger partial charge < -0.3 is 28.4 Å². The molecular weight excluding hydrogens is 628 g/mol. The summed E-state index contributed by atoms with van der Waals surface area (Å²) in [6.07, 6.45) is 13.9. The van der Waals surface area contributed by atoms with Gasteiger partial charge in [-0.2, -0.15) is 0 Å². The fourth-order valence-electron chi connectivity index (χ4n) is 8.12. The summed E-state index contributed by atoms with van der Waals surface area (Å²) in [6, 6.07) is 0. The van der Waals surface area contributed by atoms with Crippen molar-refractivity contribution in [3.63, 3.8) is 0 Å². The number of carbonyl (C=O) groups excluding carboxylic acids is 4. The van der Waals surface area contributed by atoms with Gasteiger partial charge in [0.15, 0.2) is 0 Å². The van der Waals surface area contributed by atoms with E-state index in [1.54, 1.807) is 0 Å². The molecule has 0 saturated heterocycles. The van der Waals surface area contributed by atoms with Crippen molar-refractivity contribution < 1.29 is 47.6 Å². The van der Waals surface area contributed by atoms with E-state index in [1.807, 2.05) is 48.5 Å². The Labute approximate surface area is 295 Å². The molecule has 0 unspecified atom stereocenters. The molecule has 5 saturated carbocycles. The van der Waals surface area contributed by atoms with Crippen LogP contribution in [0.5, 0.6) is 0 Å². The highest BCUT2D eigenvalue weighted by molar-refractivity contribution is 5.76. The van der Waals surface area contributed by atoms with Crippen LogP contribution in [-0.4, -0.2) is 74.7 Å². The predicted octanol–water partition coefficient (Wildman–Crippen LogP) is 7.38. The van der Waals surface area contributed by atoms with Crippen LogP contribution in [0, 0.1) is 34.5 Å². The maximum atomic E-state index is 12.4. The van der Waals surface area contributed by atoms with E-state index in [2.05, 4.69) is 6.92 Å². The average Bonchev–Trinajstić information content (AvgIpc) is 3.06. The molecule has 0 aromatic rings. The summed E-state index contributed by atoms with van der Waals surface area (Å²) in [5.74, 6) is 1.67. The number of hydrogen-bond donors (Lipinski definition) is 0. The smallest absolute Gasteiger partial charge is 0.332 e. The van der Waals surface area contributed by atoms with Crippen molar-refractivity contribution in [2.75, 3.05) is 39.6 Å². The van der Waals surface area contributed by atoms with Crippen LogP contribution in [0.2, 0.25) is 0 Å². The molecule has 10 heteroatoms. The van der Waals surface area contributed by atoms with Crippen LogP contribution in [0.15, 0.2) is 0 Å². The van der Waals surface area contributed by atoms with Gasteiger partial charge in [0.2, 0.25) is 0 Å². The molecule has 10 nitrogen and oxygen atoms in total. The first-order chi connectivity index (χ1) is 23.1. The Bertz CT molecular complexity index is 1060. The van der Waals surface area contributed by atoms with Gasteiger partial charge in [-0.25, -0.2) is 9.59 Å². The second-order valence-electron chi connectivity index (χ2n) is 16.4. The third kappa shape index (κ3) is 11.7. The number of rotatable bonds is 17. The second-order valence-corrected chi connectivity index (χ2v) is 16.4. The minimum atomic E-state index is -0.480. The van der Waals surface area contributed by atoms with E-state index in [0.29, 0.717) is 11.8 Å². The summed E-state index contributed by atoms with van der Waals surface area (Å²) in [7, 11) is 0. The van der Waals surface area contributed by atoms with Crippen molar-refractivity contribution in [2.24, 2.45) is 34.5 Å². The summed E-state index contributed by atoms with van der Waals surface area (Å²) < 4.78 is 32.6. The molecule has 5 aliphatic carbocycles. The maximum Gasteiger partial charge on any atom is 0.332 e. The van der Waals surface area contributed by atoms with Crippen molar-refractivity contribution in [3.05, 3.63) is 0 Å². The lowest BCUT2D eigenvalue weighted by Gasteiger charge is -2.60. The molecule has 0 heterocycles. The Morgan fingerprint density at radius 2 is 1.04 bits per heavy atom. The number of carbonyl (C=O) groups is 4. The first-order valence-corrected chi connectivity index (χ1v) is 19.0. The van der Waals surface area contributed by atoms with Crippen LogP contribution in [0.4, 0.5) is 0 Å². The molecule has 5 fully saturated rings. The maximum absolute atomic E-state index is 12.4. The number of hydrogen-bond acceptors (Lipinski definition) is 10. The van der Waals surface area contributed by atoms with Crippen molar-refractivity contribution in [2.45, 2.75) is 150 Å². The van der Waals surface area contributed by atoms with Crippen molar-refractivity contribution in [1.82, 2.24) is 0 Å². The molecule has 282 valence electrons. The quantitative estimate of drug-likeness (QED) is 0.0866. The topological polar surface area (TPSA) is 124 Å². The molecule has 0 spiro atoms. The van der Waals surface area contributed by atoms with Gasteiger partial charge in [0, 0.05) is 0 Å². The third-order valence-electron chi connectivity index (χ3n) is 11.9. The molecular formula is C39H66O10. The zero-order valence-corrected chi connectivity index (χ0v) is 31.8. The van der Waals surface area contributed by atoms with Crippen molar-refractivity contribution in [1.29, 1.82) is 0 Å². The summed E-state index contributed by atoms with van der Waals surface area (Å²) in [4.78, 5) is 47.8. The Morgan fingerprint density at radius 1 is 0.612 bits per heavy atom. The van der Waals surface area contributed by atoms with Crippen molar-refractivity contribution >= 4 is 23.9 Å². The normalized spacial score (nSPS) is 27.0. The van der Waals surface area contributed by atoms with Crippen LogP contribution in [0.25, 0.3) is 0 Å². The van der Waals surface area contributed by atoms with Gasteiger partial charge in [-0.3, -0.25) is 9.59 Å². The highest BCUT2D eigenvalue weighted by Crippen LogP contribution is 2.60. The lowest BCUT2D eigenvalue weighted by molar-refractivity contribution is -0.214. The standard InChI is InChI=1S/C22H36O5.C17H30O5/c1-5-21(3,4)20(24)26-8-7-25-14-19(23)27-22(6-2)17-10-15-9-16(12-17)13-18(22)11-15;1-5-16(2,3)15(19)21-12-11-20-13-14(18)22-17(4)9-7-6-8-10-17/h15-18H,5-14H2,1-4H3;5-13H2,1-4H3. The molecule has 0 aromatic heterocycles. The largest absolute Gasteiger partial charge is 0.463 e. The minimum absolute atomic E-state index is 0.0667. The summed E-state index contributed by atoms with van der Waals surface area (Å²) in [5.41, 5.74) is -1.57. The van der Waals surface area contributed by atoms with Gasteiger partial charge in [0.25, 0.3) is 0 Å². The fourth-order valence-corrected chi connectivity index (χ4v) is 8.12. The Kier molecular flexibility index (Phi) is 15.4. The first kappa shape index (κ1) is 41.2. The molecule has 0 aliphatic heterocycles. The second kappa shape index (κ2) is 18.3. The molecule has 0 amide bonds. The van der Waals surface area contributed by atoms with Crippen LogP contribution in [-0.2, 0) is 47.6 Å². The number of ether oxygens (including phenoxy) is 6. The average molecular weight is 695 g/mol. The summed E-state index contributed by atoms with van der Waals surface area (Å²) >= 11 is 0. The lowest BCUT2D eigenvalue weighted by atomic mass is 9.49. The molecule has 0 N–H and O–H groups in total. The van der Waals surface area contributed by atoms with Gasteiger partial charge in [-0.1, -0.05) is 27.2 Å². The molecule has 5 rings (SSSR count). The molecule has 4 bridgehead atoms. The highest BCUT2D eigenvalue weighted by Gasteiger charge is 2.58. The predicted molar refractivity (Wildman–Crippen MR) is 185 cm³/mol. The van der Waals surface area contributed by atoms with E-state index in [4.69, 9.17) is 28.4 Å². The third-order valence-corrected chi connectivity index (χ3v) is 11.9. The SMILES string of the molecule is CCC(C)(C)C(=O)OCCOCC(=O)OC1(C)CCCCC1.CCC(C)(C)C(=O)OCCOCC(=O)OC1(CC)C2CC3CC(C2)CC1C3. The zero-order valence-electron chi connectivity index (χ0n) is 31.8. The Hall–Kier alpha value is -2.20. The Morgan fingerprint density at radius 3 is 1.45 bits per heavy atom. The Balaban J connectivity index is 0.000000272. The summed E-state index contributed by atoms with van der Waals surface area (Å²) in [5, 5.41) is 0. The van der Waals surface area contributed by atoms with Gasteiger partial charge in [0.1, 0.15) is 37.6 Å². The molecule has 49 heavy (non-hydrogen) atoms. The molecule has 0 atom stereocenters. The molecule has 0 aromatic carbocycles. The number of esters is 4. The fraction of sp³-hybridized carbons (Fsp3) is 0.897. The van der Waals surface area contributed by atoms with Crippen LogP contribution in [0.3, 0.4) is 0 Å². The highest BCUT2D eigenvalue weighted by atomic mass is 16.6. The molecule has 0 radical (unpaired) electrons. The van der Waals surface area contributed by atoms with Crippen LogP contribution >= 0.6 is 0 Å². The lowest BCUT2D eigenvalue weighted by Crippen LogP contribution is -2.59. The van der Waals surface area contributed by atoms with Gasteiger partial charge >= 0.3 is 23.9 Å². The zero-order chi connectivity index (χ0) is 36.3.